The van der Waals surface area contributed by atoms with Crippen LogP contribution >= 0.6 is 0 Å². The lowest BCUT2D eigenvalue weighted by atomic mass is 9.54. The lowest BCUT2D eigenvalue weighted by Gasteiger charge is -2.49. The second-order valence-electron chi connectivity index (χ2n) is 7.45. The molecule has 0 heterocycles. The van der Waals surface area contributed by atoms with Gasteiger partial charge in [0.2, 0.25) is 0 Å². The van der Waals surface area contributed by atoms with E-state index in [2.05, 4.69) is 27.7 Å². The fourth-order valence-electron chi connectivity index (χ4n) is 4.54. The van der Waals surface area contributed by atoms with Crippen molar-refractivity contribution >= 4 is 11.6 Å². The first kappa shape index (κ1) is 11.8. The molecule has 2 aliphatic carbocycles. The van der Waals surface area contributed by atoms with Crippen LogP contribution in [0.15, 0.2) is 0 Å². The molecule has 0 aromatic rings. The molecule has 2 rings (SSSR count). The van der Waals surface area contributed by atoms with Crippen molar-refractivity contribution in [1.82, 2.24) is 0 Å². The van der Waals surface area contributed by atoms with Gasteiger partial charge in [-0.25, -0.2) is 0 Å². The predicted molar refractivity (Wildman–Crippen MR) is 63.1 cm³/mol. The number of ketones is 2. The molecule has 0 N–H and O–H groups in total. The third kappa shape index (κ3) is 1.94. The molecule has 90 valence electrons. The molecule has 0 aromatic carbocycles. The van der Waals surface area contributed by atoms with Gasteiger partial charge in [0, 0.05) is 11.8 Å². The zero-order valence-electron chi connectivity index (χ0n) is 10.9. The summed E-state index contributed by atoms with van der Waals surface area (Å²) in [6, 6.07) is 0. The molecule has 0 aliphatic heterocycles. The summed E-state index contributed by atoms with van der Waals surface area (Å²) in [7, 11) is 0. The van der Waals surface area contributed by atoms with E-state index in [1.165, 1.54) is 0 Å². The van der Waals surface area contributed by atoms with Crippen LogP contribution < -0.4 is 0 Å². The van der Waals surface area contributed by atoms with Crippen LogP contribution in [0.4, 0.5) is 0 Å². The van der Waals surface area contributed by atoms with Gasteiger partial charge in [-0.15, -0.1) is 0 Å². The zero-order chi connectivity index (χ0) is 12.2. The minimum atomic E-state index is -0.317. The van der Waals surface area contributed by atoms with E-state index in [9.17, 15) is 9.59 Å². The Morgan fingerprint density at radius 2 is 1.38 bits per heavy atom. The maximum absolute atomic E-state index is 12.1. The van der Waals surface area contributed by atoms with Crippen molar-refractivity contribution in [2.75, 3.05) is 0 Å². The fourth-order valence-corrected chi connectivity index (χ4v) is 4.54. The Kier molecular flexibility index (Phi) is 2.35. The molecular formula is C14H22O2. The molecule has 2 aliphatic rings. The molecule has 0 bridgehead atoms. The SMILES string of the molecule is CC1(C)CC(C)(C)CC2(CC(=O)CC2=O)C1. The summed E-state index contributed by atoms with van der Waals surface area (Å²) in [5, 5.41) is 0. The van der Waals surface area contributed by atoms with Gasteiger partial charge in [-0.05, 0) is 30.1 Å². The monoisotopic (exact) mass is 222 g/mol. The van der Waals surface area contributed by atoms with E-state index in [1.807, 2.05) is 0 Å². The van der Waals surface area contributed by atoms with Crippen LogP contribution in [-0.2, 0) is 9.59 Å². The number of rotatable bonds is 0. The average molecular weight is 222 g/mol. The van der Waals surface area contributed by atoms with Gasteiger partial charge < -0.3 is 0 Å². The number of Topliss-reactive ketones (excluding diaryl/α,β-unsaturated/α-hetero) is 2. The van der Waals surface area contributed by atoms with Crippen LogP contribution in [0.3, 0.4) is 0 Å². The highest BCUT2D eigenvalue weighted by Gasteiger charge is 2.54. The van der Waals surface area contributed by atoms with Crippen LogP contribution in [-0.4, -0.2) is 11.6 Å². The summed E-state index contributed by atoms with van der Waals surface area (Å²) >= 11 is 0. The molecule has 0 atom stereocenters. The standard InChI is InChI=1S/C14H22O2/c1-12(2)7-13(3,4)9-14(8-12)6-10(15)5-11(14)16/h5-9H2,1-4H3. The maximum atomic E-state index is 12.1. The Hall–Kier alpha value is -0.660. The predicted octanol–water partition coefficient (Wildman–Crippen LogP) is 3.14. The molecule has 2 fully saturated rings. The molecule has 0 aromatic heterocycles. The number of hydrogen-bond donors (Lipinski definition) is 0. The van der Waals surface area contributed by atoms with Crippen molar-refractivity contribution in [3.05, 3.63) is 0 Å². The molecule has 2 saturated carbocycles. The van der Waals surface area contributed by atoms with Gasteiger partial charge in [0.05, 0.1) is 6.42 Å². The van der Waals surface area contributed by atoms with Gasteiger partial charge in [-0.3, -0.25) is 9.59 Å². The molecule has 0 saturated heterocycles. The molecule has 16 heavy (non-hydrogen) atoms. The Morgan fingerprint density at radius 3 is 1.75 bits per heavy atom. The topological polar surface area (TPSA) is 34.1 Å². The lowest BCUT2D eigenvalue weighted by molar-refractivity contribution is -0.133. The second-order valence-corrected chi connectivity index (χ2v) is 7.45. The van der Waals surface area contributed by atoms with E-state index < -0.39 is 0 Å². The molecule has 1 spiro atoms. The second kappa shape index (κ2) is 3.18. The van der Waals surface area contributed by atoms with Gasteiger partial charge in [0.1, 0.15) is 11.6 Å². The van der Waals surface area contributed by atoms with Crippen molar-refractivity contribution in [3.8, 4) is 0 Å². The summed E-state index contributed by atoms with van der Waals surface area (Å²) in [6.45, 7) is 8.91. The molecule has 2 heteroatoms. The Balaban J connectivity index is 2.35. The van der Waals surface area contributed by atoms with E-state index in [1.54, 1.807) is 0 Å². The fraction of sp³-hybridized carbons (Fsp3) is 0.857. The van der Waals surface area contributed by atoms with Gasteiger partial charge in [0.25, 0.3) is 0 Å². The van der Waals surface area contributed by atoms with Crippen molar-refractivity contribution < 1.29 is 9.59 Å². The van der Waals surface area contributed by atoms with Crippen LogP contribution in [0, 0.1) is 16.2 Å². The Morgan fingerprint density at radius 1 is 0.875 bits per heavy atom. The largest absolute Gasteiger partial charge is 0.299 e. The van der Waals surface area contributed by atoms with E-state index in [4.69, 9.17) is 0 Å². The summed E-state index contributed by atoms with van der Waals surface area (Å²) in [4.78, 5) is 23.6. The van der Waals surface area contributed by atoms with Crippen molar-refractivity contribution in [1.29, 1.82) is 0 Å². The quantitative estimate of drug-likeness (QED) is 0.590. The van der Waals surface area contributed by atoms with Crippen LogP contribution in [0.2, 0.25) is 0 Å². The van der Waals surface area contributed by atoms with Crippen LogP contribution in [0.25, 0.3) is 0 Å². The van der Waals surface area contributed by atoms with Crippen LogP contribution in [0.1, 0.15) is 59.8 Å². The smallest absolute Gasteiger partial charge is 0.146 e. The van der Waals surface area contributed by atoms with Gasteiger partial charge in [0.15, 0.2) is 0 Å². The maximum Gasteiger partial charge on any atom is 0.146 e. The first-order valence-corrected chi connectivity index (χ1v) is 6.19. The molecular weight excluding hydrogens is 200 g/mol. The highest BCUT2D eigenvalue weighted by atomic mass is 16.2. The van der Waals surface area contributed by atoms with Gasteiger partial charge in [-0.2, -0.15) is 0 Å². The summed E-state index contributed by atoms with van der Waals surface area (Å²) in [6.07, 6.45) is 3.62. The minimum Gasteiger partial charge on any atom is -0.299 e. The first-order chi connectivity index (χ1) is 7.14. The van der Waals surface area contributed by atoms with Crippen LogP contribution in [0.5, 0.6) is 0 Å². The van der Waals surface area contributed by atoms with E-state index in [0.29, 0.717) is 6.42 Å². The highest BCUT2D eigenvalue weighted by Crippen LogP contribution is 2.58. The molecule has 2 nitrogen and oxygen atoms in total. The van der Waals surface area contributed by atoms with Crippen molar-refractivity contribution in [2.45, 2.75) is 59.8 Å². The summed E-state index contributed by atoms with van der Waals surface area (Å²) in [5.74, 6) is 0.358. The molecule has 0 amide bonds. The average Bonchev–Trinajstić information content (AvgIpc) is 2.17. The van der Waals surface area contributed by atoms with E-state index in [-0.39, 0.29) is 34.2 Å². The van der Waals surface area contributed by atoms with Crippen molar-refractivity contribution in [2.24, 2.45) is 16.2 Å². The van der Waals surface area contributed by atoms with Gasteiger partial charge >= 0.3 is 0 Å². The van der Waals surface area contributed by atoms with Crippen molar-refractivity contribution in [3.63, 3.8) is 0 Å². The third-order valence-electron chi connectivity index (χ3n) is 4.08. The van der Waals surface area contributed by atoms with E-state index >= 15 is 0 Å². The molecule has 0 radical (unpaired) electrons. The molecule has 0 unspecified atom stereocenters. The minimum absolute atomic E-state index is 0.151. The number of carbonyl (C=O) groups excluding carboxylic acids is 2. The Bertz CT molecular complexity index is 334. The van der Waals surface area contributed by atoms with Gasteiger partial charge in [-0.1, -0.05) is 27.7 Å². The number of carbonyl (C=O) groups is 2. The number of hydrogen-bond acceptors (Lipinski definition) is 2. The zero-order valence-corrected chi connectivity index (χ0v) is 10.9. The first-order valence-electron chi connectivity index (χ1n) is 6.19. The Labute approximate surface area is 97.8 Å². The normalized spacial score (nSPS) is 31.0. The summed E-state index contributed by atoms with van der Waals surface area (Å²) in [5.41, 5.74) is 0.0480. The summed E-state index contributed by atoms with van der Waals surface area (Å²) < 4.78 is 0. The third-order valence-corrected chi connectivity index (χ3v) is 4.08. The van der Waals surface area contributed by atoms with E-state index in [0.717, 1.165) is 19.3 Å². The highest BCUT2D eigenvalue weighted by molar-refractivity contribution is 6.09. The lowest BCUT2D eigenvalue weighted by Crippen LogP contribution is -2.43.